The van der Waals surface area contributed by atoms with Gasteiger partial charge in [-0.1, -0.05) is 0 Å². The molecule has 0 saturated carbocycles. The Hall–Kier alpha value is -0.430. The van der Waals surface area contributed by atoms with Crippen LogP contribution in [0.15, 0.2) is 4.47 Å². The number of rotatable bonds is 10. The minimum absolute atomic E-state index is 0.747. The monoisotopic (exact) mass is 347 g/mol. The van der Waals surface area contributed by atoms with Crippen molar-refractivity contribution in [3.8, 4) is 0 Å². The first-order chi connectivity index (χ1) is 9.60. The molecule has 0 aliphatic heterocycles. The quantitative estimate of drug-likeness (QED) is 0.609. The zero-order valence-corrected chi connectivity index (χ0v) is 14.6. The van der Waals surface area contributed by atoms with E-state index >= 15 is 0 Å². The van der Waals surface area contributed by atoms with Crippen molar-refractivity contribution in [3.05, 3.63) is 15.9 Å². The van der Waals surface area contributed by atoms with E-state index in [2.05, 4.69) is 25.9 Å². The largest absolute Gasteiger partial charge is 0.380 e. The smallest absolute Gasteiger partial charge is 0.0739 e. The Bertz CT molecular complexity index is 386. The minimum Gasteiger partial charge on any atom is -0.380 e. The molecule has 0 aromatic carbocycles. The second-order valence-electron chi connectivity index (χ2n) is 4.64. The van der Waals surface area contributed by atoms with Crippen LogP contribution in [0.5, 0.6) is 0 Å². The Morgan fingerprint density at radius 3 is 2.10 bits per heavy atom. The number of hydrogen-bond acceptors (Lipinski definition) is 4. The van der Waals surface area contributed by atoms with Crippen LogP contribution in [0.2, 0.25) is 0 Å². The van der Waals surface area contributed by atoms with Crippen LogP contribution < -0.4 is 0 Å². The maximum absolute atomic E-state index is 5.46. The fourth-order valence-electron chi connectivity index (χ4n) is 2.01. The van der Waals surface area contributed by atoms with Crippen molar-refractivity contribution in [2.75, 3.05) is 39.5 Å². The molecule has 0 unspecified atom stereocenters. The predicted molar refractivity (Wildman–Crippen MR) is 83.9 cm³/mol. The molecule has 1 heterocycles. The van der Waals surface area contributed by atoms with Crippen molar-refractivity contribution < 1.29 is 9.47 Å². The summed E-state index contributed by atoms with van der Waals surface area (Å²) >= 11 is 3.62. The van der Waals surface area contributed by atoms with Gasteiger partial charge in [-0.2, -0.15) is 5.10 Å². The SMILES string of the molecule is CCOCCN(CCOCC)Cc1c(Br)c(C)nn1C. The number of nitrogens with zero attached hydrogens (tertiary/aromatic N) is 3. The fourth-order valence-corrected chi connectivity index (χ4v) is 2.47. The normalized spacial score (nSPS) is 11.5. The van der Waals surface area contributed by atoms with Crippen molar-refractivity contribution in [2.45, 2.75) is 27.3 Å². The van der Waals surface area contributed by atoms with E-state index < -0.39 is 0 Å². The van der Waals surface area contributed by atoms with Crippen LogP contribution in [-0.2, 0) is 23.1 Å². The maximum atomic E-state index is 5.46. The van der Waals surface area contributed by atoms with Gasteiger partial charge in [-0.15, -0.1) is 0 Å². The van der Waals surface area contributed by atoms with Gasteiger partial charge in [0.05, 0.1) is 29.1 Å². The Morgan fingerprint density at radius 1 is 1.15 bits per heavy atom. The van der Waals surface area contributed by atoms with Gasteiger partial charge < -0.3 is 9.47 Å². The number of aryl methyl sites for hydroxylation is 2. The molecule has 0 radical (unpaired) electrons. The average Bonchev–Trinajstić information content (AvgIpc) is 2.65. The Balaban J connectivity index is 2.61. The molecule has 116 valence electrons. The summed E-state index contributed by atoms with van der Waals surface area (Å²) in [6.07, 6.45) is 0. The summed E-state index contributed by atoms with van der Waals surface area (Å²) in [6, 6.07) is 0. The summed E-state index contributed by atoms with van der Waals surface area (Å²) in [6.45, 7) is 11.7. The Morgan fingerprint density at radius 2 is 1.70 bits per heavy atom. The second kappa shape index (κ2) is 9.50. The first-order valence-corrected chi connectivity index (χ1v) is 7.95. The van der Waals surface area contributed by atoms with Crippen LogP contribution in [0, 0.1) is 6.92 Å². The highest BCUT2D eigenvalue weighted by Gasteiger charge is 2.14. The molecule has 0 fully saturated rings. The lowest BCUT2D eigenvalue weighted by Gasteiger charge is -2.22. The summed E-state index contributed by atoms with van der Waals surface area (Å²) < 4.78 is 13.9. The predicted octanol–water partition coefficient (Wildman–Crippen LogP) is 2.37. The third-order valence-corrected chi connectivity index (χ3v) is 4.18. The van der Waals surface area contributed by atoms with Gasteiger partial charge in [0.2, 0.25) is 0 Å². The molecule has 0 saturated heterocycles. The van der Waals surface area contributed by atoms with Gasteiger partial charge in [0.25, 0.3) is 0 Å². The highest BCUT2D eigenvalue weighted by atomic mass is 79.9. The zero-order valence-electron chi connectivity index (χ0n) is 13.0. The van der Waals surface area contributed by atoms with Gasteiger partial charge in [0.1, 0.15) is 0 Å². The molecule has 1 rings (SSSR count). The van der Waals surface area contributed by atoms with Gasteiger partial charge in [-0.25, -0.2) is 0 Å². The highest BCUT2D eigenvalue weighted by Crippen LogP contribution is 2.21. The van der Waals surface area contributed by atoms with Crippen molar-refractivity contribution in [1.82, 2.24) is 14.7 Å². The average molecular weight is 348 g/mol. The van der Waals surface area contributed by atoms with Crippen LogP contribution in [-0.4, -0.2) is 54.2 Å². The molecule has 0 N–H and O–H groups in total. The van der Waals surface area contributed by atoms with E-state index in [1.54, 1.807) is 0 Å². The molecule has 6 heteroatoms. The van der Waals surface area contributed by atoms with Crippen molar-refractivity contribution in [3.63, 3.8) is 0 Å². The van der Waals surface area contributed by atoms with Crippen molar-refractivity contribution >= 4 is 15.9 Å². The van der Waals surface area contributed by atoms with Crippen molar-refractivity contribution in [2.24, 2.45) is 7.05 Å². The van der Waals surface area contributed by atoms with Crippen LogP contribution >= 0.6 is 15.9 Å². The van der Waals surface area contributed by atoms with E-state index in [0.717, 1.165) is 56.2 Å². The van der Waals surface area contributed by atoms with E-state index in [0.29, 0.717) is 0 Å². The molecule has 5 nitrogen and oxygen atoms in total. The summed E-state index contributed by atoms with van der Waals surface area (Å²) in [5, 5.41) is 4.44. The molecule has 20 heavy (non-hydrogen) atoms. The lowest BCUT2D eigenvalue weighted by molar-refractivity contribution is 0.0786. The number of halogens is 1. The maximum Gasteiger partial charge on any atom is 0.0739 e. The van der Waals surface area contributed by atoms with E-state index in [1.165, 1.54) is 5.69 Å². The molecule has 0 amide bonds. The van der Waals surface area contributed by atoms with Crippen LogP contribution in [0.25, 0.3) is 0 Å². The van der Waals surface area contributed by atoms with Crippen LogP contribution in [0.4, 0.5) is 0 Å². The molecule has 1 aromatic rings. The lowest BCUT2D eigenvalue weighted by Crippen LogP contribution is -2.31. The standard InChI is InChI=1S/C14H26BrN3O2/c1-5-19-9-7-18(8-10-20-6-2)11-13-14(15)12(3)16-17(13)4/h5-11H2,1-4H3. The number of ether oxygens (including phenoxy) is 2. The fraction of sp³-hybridized carbons (Fsp3) is 0.786. The summed E-state index contributed by atoms with van der Waals surface area (Å²) in [5.41, 5.74) is 2.22. The van der Waals surface area contributed by atoms with Gasteiger partial charge in [0.15, 0.2) is 0 Å². The molecule has 0 aliphatic carbocycles. The van der Waals surface area contributed by atoms with E-state index in [-0.39, 0.29) is 0 Å². The molecular formula is C14H26BrN3O2. The lowest BCUT2D eigenvalue weighted by atomic mass is 10.3. The molecular weight excluding hydrogens is 322 g/mol. The topological polar surface area (TPSA) is 39.5 Å². The van der Waals surface area contributed by atoms with Gasteiger partial charge in [-0.05, 0) is 36.7 Å². The minimum atomic E-state index is 0.747. The highest BCUT2D eigenvalue weighted by molar-refractivity contribution is 9.10. The third-order valence-electron chi connectivity index (χ3n) is 3.15. The Labute approximate surface area is 130 Å². The summed E-state index contributed by atoms with van der Waals surface area (Å²) in [5.74, 6) is 0. The van der Waals surface area contributed by atoms with Gasteiger partial charge >= 0.3 is 0 Å². The van der Waals surface area contributed by atoms with Crippen molar-refractivity contribution in [1.29, 1.82) is 0 Å². The second-order valence-corrected chi connectivity index (χ2v) is 5.43. The van der Waals surface area contributed by atoms with Crippen LogP contribution in [0.1, 0.15) is 25.2 Å². The number of hydrogen-bond donors (Lipinski definition) is 0. The molecule has 0 aliphatic rings. The number of aromatic nitrogens is 2. The zero-order chi connectivity index (χ0) is 15.0. The van der Waals surface area contributed by atoms with Gasteiger partial charge in [-0.3, -0.25) is 9.58 Å². The Kier molecular flexibility index (Phi) is 8.37. The molecule has 0 atom stereocenters. The van der Waals surface area contributed by atoms with E-state index in [1.807, 2.05) is 32.5 Å². The first kappa shape index (κ1) is 17.6. The van der Waals surface area contributed by atoms with E-state index in [9.17, 15) is 0 Å². The van der Waals surface area contributed by atoms with E-state index in [4.69, 9.17) is 9.47 Å². The van der Waals surface area contributed by atoms with Gasteiger partial charge in [0, 0.05) is 39.9 Å². The first-order valence-electron chi connectivity index (χ1n) is 7.15. The molecule has 0 spiro atoms. The summed E-state index contributed by atoms with van der Waals surface area (Å²) in [7, 11) is 1.98. The third kappa shape index (κ3) is 5.52. The molecule has 0 bridgehead atoms. The molecule has 1 aromatic heterocycles. The van der Waals surface area contributed by atoms with Crippen LogP contribution in [0.3, 0.4) is 0 Å². The summed E-state index contributed by atoms with van der Waals surface area (Å²) in [4.78, 5) is 2.34.